The van der Waals surface area contributed by atoms with Gasteiger partial charge in [-0.2, -0.15) is 0 Å². The van der Waals surface area contributed by atoms with E-state index in [-0.39, 0.29) is 16.7 Å². The maximum atomic E-state index is 11.1. The van der Waals surface area contributed by atoms with Crippen molar-refractivity contribution < 1.29 is 15.0 Å². The van der Waals surface area contributed by atoms with Gasteiger partial charge < -0.3 is 15.0 Å². The van der Waals surface area contributed by atoms with Gasteiger partial charge in [0.1, 0.15) is 5.75 Å². The molecule has 0 fully saturated rings. The van der Waals surface area contributed by atoms with Crippen molar-refractivity contribution >= 4 is 28.2 Å². The lowest BCUT2D eigenvalue weighted by Gasteiger charge is -2.22. The topological polar surface area (TPSA) is 84.8 Å². The molecule has 1 aromatic heterocycles. The van der Waals surface area contributed by atoms with Gasteiger partial charge >= 0.3 is 0 Å². The molecule has 0 radical (unpaired) electrons. The van der Waals surface area contributed by atoms with E-state index in [1.54, 1.807) is 19.2 Å². The number of benzene rings is 2. The van der Waals surface area contributed by atoms with Crippen LogP contribution in [0.15, 0.2) is 36.4 Å². The Labute approximate surface area is 148 Å². The lowest BCUT2D eigenvalue weighted by atomic mass is 9.94. The molecule has 6 nitrogen and oxygen atoms in total. The average molecular weight is 359 g/mol. The molecule has 4 rings (SSSR count). The summed E-state index contributed by atoms with van der Waals surface area (Å²) >= 11 is 6.37. The van der Waals surface area contributed by atoms with Gasteiger partial charge in [0.25, 0.3) is 5.69 Å². The molecule has 0 saturated heterocycles. The van der Waals surface area contributed by atoms with Gasteiger partial charge in [-0.25, -0.2) is 0 Å². The average Bonchev–Trinajstić information content (AvgIpc) is 2.99. The number of aromatic nitrogens is 1. The maximum absolute atomic E-state index is 11.1. The number of hydrogen-bond acceptors (Lipinski definition) is 3. The van der Waals surface area contributed by atoms with Crippen molar-refractivity contribution in [2.45, 2.75) is 12.5 Å². The zero-order valence-electron chi connectivity index (χ0n) is 13.6. The number of nitrogens with one attached hydrogen (secondary N) is 1. The summed E-state index contributed by atoms with van der Waals surface area (Å²) in [5.74, 6) is 0.814. The smallest absolute Gasteiger partial charge is 0.270 e. The Morgan fingerprint density at radius 1 is 1.32 bits per heavy atom. The summed E-state index contributed by atoms with van der Waals surface area (Å²) in [7, 11) is 1.65. The largest absolute Gasteiger partial charge is 0.497 e. The summed E-state index contributed by atoms with van der Waals surface area (Å²) in [6.45, 7) is 0.890. The Balaban J connectivity index is 1.88. The van der Waals surface area contributed by atoms with Crippen molar-refractivity contribution in [2.75, 3.05) is 13.7 Å². The summed E-state index contributed by atoms with van der Waals surface area (Å²) in [5.41, 5.74) is 4.13. The Bertz CT molecular complexity index is 983. The molecule has 0 unspecified atom stereocenters. The fourth-order valence-corrected chi connectivity index (χ4v) is 3.82. The van der Waals surface area contributed by atoms with Gasteiger partial charge in [-0.1, -0.05) is 11.6 Å². The van der Waals surface area contributed by atoms with E-state index in [4.69, 9.17) is 16.3 Å². The lowest BCUT2D eigenvalue weighted by molar-refractivity contribution is -0.690. The normalized spacial score (nSPS) is 16.6. The molecular weight excluding hydrogens is 342 g/mol. The first-order valence-corrected chi connectivity index (χ1v) is 8.42. The van der Waals surface area contributed by atoms with Crippen LogP contribution in [-0.2, 0) is 6.42 Å². The second kappa shape index (κ2) is 6.06. The Morgan fingerprint density at radius 3 is 2.92 bits per heavy atom. The van der Waals surface area contributed by atoms with E-state index < -0.39 is 0 Å². The van der Waals surface area contributed by atoms with E-state index in [2.05, 4.69) is 10.3 Å². The summed E-state index contributed by atoms with van der Waals surface area (Å²) in [6, 6.07) is 10.5. The highest BCUT2D eigenvalue weighted by Gasteiger charge is 2.31. The minimum absolute atomic E-state index is 0.0534. The number of nitro benzene ring substituents is 1. The minimum atomic E-state index is -0.389. The molecule has 0 bridgehead atoms. The number of fused-ring (bicyclic) bond motifs is 3. The van der Waals surface area contributed by atoms with E-state index in [1.807, 2.05) is 18.2 Å². The lowest BCUT2D eigenvalue weighted by Crippen LogP contribution is -2.87. The zero-order valence-corrected chi connectivity index (χ0v) is 14.3. The molecule has 128 valence electrons. The second-order valence-electron chi connectivity index (χ2n) is 6.14. The number of quaternary nitrogens is 1. The number of ether oxygens (including phenoxy) is 1. The standard InChI is InChI=1S/C18H16ClN3O3/c1-25-11-3-5-16-13(9-11)12-6-7-20-17(18(12)21-16)14-8-10(22(23)24)2-4-15(14)19/h2-5,8-9,17,20-21H,6-7H2,1H3/p+1/t17-/m1/s1. The molecule has 0 spiro atoms. The van der Waals surface area contributed by atoms with E-state index in [1.165, 1.54) is 11.6 Å². The molecule has 1 aliphatic heterocycles. The van der Waals surface area contributed by atoms with Gasteiger partial charge in [-0.3, -0.25) is 10.1 Å². The Kier molecular flexibility index (Phi) is 3.86. The fourth-order valence-electron chi connectivity index (χ4n) is 3.59. The van der Waals surface area contributed by atoms with Crippen molar-refractivity contribution in [3.05, 3.63) is 68.4 Å². The fraction of sp³-hybridized carbons (Fsp3) is 0.222. The number of halogens is 1. The number of nitrogens with zero attached hydrogens (tertiary/aromatic N) is 1. The number of methoxy groups -OCH3 is 1. The van der Waals surface area contributed by atoms with Crippen LogP contribution in [0.3, 0.4) is 0 Å². The molecule has 2 heterocycles. The van der Waals surface area contributed by atoms with Gasteiger partial charge in [0, 0.05) is 35.0 Å². The Morgan fingerprint density at radius 2 is 2.16 bits per heavy atom. The van der Waals surface area contributed by atoms with Crippen molar-refractivity contribution in [1.29, 1.82) is 0 Å². The summed E-state index contributed by atoms with van der Waals surface area (Å²) in [6.07, 6.45) is 0.922. The molecular formula is C18H17ClN3O3+. The molecule has 0 amide bonds. The SMILES string of the molecule is COc1ccc2[nH]c3c(c2c1)CC[NH2+][C@@H]3c1cc([N+](=O)[O-])ccc1Cl. The van der Waals surface area contributed by atoms with Gasteiger partial charge in [-0.15, -0.1) is 0 Å². The first-order valence-electron chi connectivity index (χ1n) is 8.04. The van der Waals surface area contributed by atoms with Crippen LogP contribution in [0.25, 0.3) is 10.9 Å². The quantitative estimate of drug-likeness (QED) is 0.557. The molecule has 7 heteroatoms. The number of H-pyrrole nitrogens is 1. The van der Waals surface area contributed by atoms with Gasteiger partial charge in [0.05, 0.1) is 29.3 Å². The predicted octanol–water partition coefficient (Wildman–Crippen LogP) is 2.95. The second-order valence-corrected chi connectivity index (χ2v) is 6.55. The molecule has 0 saturated carbocycles. The van der Waals surface area contributed by atoms with Crippen LogP contribution in [0.1, 0.15) is 22.9 Å². The van der Waals surface area contributed by atoms with Crippen LogP contribution in [0.5, 0.6) is 5.75 Å². The number of aromatic amines is 1. The van der Waals surface area contributed by atoms with Gasteiger partial charge in [0.15, 0.2) is 6.04 Å². The number of hydrogen-bond donors (Lipinski definition) is 2. The third-order valence-electron chi connectivity index (χ3n) is 4.78. The van der Waals surface area contributed by atoms with Crippen LogP contribution in [0.4, 0.5) is 5.69 Å². The van der Waals surface area contributed by atoms with E-state index in [0.717, 1.165) is 40.9 Å². The minimum Gasteiger partial charge on any atom is -0.497 e. The Hall–Kier alpha value is -2.57. The molecule has 25 heavy (non-hydrogen) atoms. The zero-order chi connectivity index (χ0) is 17.6. The molecule has 1 aliphatic rings. The van der Waals surface area contributed by atoms with Crippen molar-refractivity contribution in [1.82, 2.24) is 4.98 Å². The summed E-state index contributed by atoms with van der Waals surface area (Å²) in [4.78, 5) is 14.2. The molecule has 2 aromatic carbocycles. The van der Waals surface area contributed by atoms with Crippen LogP contribution < -0.4 is 10.1 Å². The van der Waals surface area contributed by atoms with Gasteiger partial charge in [0.2, 0.25) is 0 Å². The number of rotatable bonds is 3. The molecule has 3 N–H and O–H groups in total. The van der Waals surface area contributed by atoms with Crippen LogP contribution in [0.2, 0.25) is 5.02 Å². The van der Waals surface area contributed by atoms with Crippen molar-refractivity contribution in [3.63, 3.8) is 0 Å². The highest BCUT2D eigenvalue weighted by Crippen LogP contribution is 2.35. The van der Waals surface area contributed by atoms with Crippen LogP contribution in [-0.4, -0.2) is 23.6 Å². The van der Waals surface area contributed by atoms with E-state index >= 15 is 0 Å². The highest BCUT2D eigenvalue weighted by molar-refractivity contribution is 6.31. The molecule has 3 aromatic rings. The maximum Gasteiger partial charge on any atom is 0.270 e. The highest BCUT2D eigenvalue weighted by atomic mass is 35.5. The molecule has 1 atom stereocenters. The summed E-state index contributed by atoms with van der Waals surface area (Å²) in [5, 5.41) is 15.0. The van der Waals surface area contributed by atoms with Crippen LogP contribution >= 0.6 is 11.6 Å². The van der Waals surface area contributed by atoms with Crippen LogP contribution in [0, 0.1) is 10.1 Å². The van der Waals surface area contributed by atoms with E-state index in [0.29, 0.717) is 5.02 Å². The predicted molar refractivity (Wildman–Crippen MR) is 95.3 cm³/mol. The number of non-ortho nitro benzene ring substituents is 1. The van der Waals surface area contributed by atoms with Crippen molar-refractivity contribution in [3.8, 4) is 5.75 Å². The number of nitro groups is 1. The third kappa shape index (κ3) is 2.63. The third-order valence-corrected chi connectivity index (χ3v) is 5.12. The first kappa shape index (κ1) is 15.9. The van der Waals surface area contributed by atoms with E-state index in [9.17, 15) is 10.1 Å². The van der Waals surface area contributed by atoms with Crippen molar-refractivity contribution in [2.24, 2.45) is 0 Å². The monoisotopic (exact) mass is 358 g/mol. The first-order chi connectivity index (χ1) is 12.1. The summed E-state index contributed by atoms with van der Waals surface area (Å²) < 4.78 is 5.34. The van der Waals surface area contributed by atoms with Gasteiger partial charge in [-0.05, 0) is 29.8 Å². The number of nitrogens with two attached hydrogens (primary N) is 1. The molecule has 0 aliphatic carbocycles.